The van der Waals surface area contributed by atoms with Crippen LogP contribution < -0.4 is 5.32 Å². The van der Waals surface area contributed by atoms with E-state index >= 15 is 0 Å². The molecule has 0 aromatic carbocycles. The molecular weight excluding hydrogens is 238 g/mol. The number of nitrogens with one attached hydrogen (secondary N) is 1. The van der Waals surface area contributed by atoms with Crippen LogP contribution in [0, 0.1) is 17.8 Å². The van der Waals surface area contributed by atoms with Crippen LogP contribution in [-0.4, -0.2) is 38.0 Å². The molecule has 2 aliphatic rings. The summed E-state index contributed by atoms with van der Waals surface area (Å²) in [6, 6.07) is 0.607. The maximum absolute atomic E-state index is 5.99. The van der Waals surface area contributed by atoms with E-state index in [2.05, 4.69) is 33.0 Å². The highest BCUT2D eigenvalue weighted by molar-refractivity contribution is 4.93. The van der Waals surface area contributed by atoms with E-state index in [0.29, 0.717) is 6.04 Å². The average molecular weight is 269 g/mol. The van der Waals surface area contributed by atoms with Crippen LogP contribution in [0.3, 0.4) is 0 Å². The van der Waals surface area contributed by atoms with Crippen LogP contribution in [0.2, 0.25) is 0 Å². The van der Waals surface area contributed by atoms with Gasteiger partial charge in [-0.15, -0.1) is 0 Å². The van der Waals surface area contributed by atoms with Gasteiger partial charge in [0.05, 0.1) is 12.2 Å². The highest BCUT2D eigenvalue weighted by Gasteiger charge is 2.40. The number of hydrogen-bond donors (Lipinski definition) is 1. The first-order chi connectivity index (χ1) is 9.02. The molecule has 2 fully saturated rings. The van der Waals surface area contributed by atoms with Gasteiger partial charge in [0.15, 0.2) is 0 Å². The van der Waals surface area contributed by atoms with E-state index in [9.17, 15) is 0 Å². The van der Waals surface area contributed by atoms with Gasteiger partial charge in [0.2, 0.25) is 0 Å². The van der Waals surface area contributed by atoms with E-state index in [1.54, 1.807) is 0 Å². The van der Waals surface area contributed by atoms with E-state index in [1.807, 2.05) is 0 Å². The Morgan fingerprint density at radius 1 is 1.16 bits per heavy atom. The van der Waals surface area contributed by atoms with Crippen molar-refractivity contribution in [2.75, 3.05) is 26.4 Å². The average Bonchev–Trinajstić information content (AvgIpc) is 2.76. The summed E-state index contributed by atoms with van der Waals surface area (Å²) >= 11 is 0. The molecule has 0 aliphatic carbocycles. The second-order valence-electron chi connectivity index (χ2n) is 7.08. The first-order valence-electron chi connectivity index (χ1n) is 7.97. The normalized spacial score (nSPS) is 32.1. The van der Waals surface area contributed by atoms with Crippen LogP contribution in [0.15, 0.2) is 0 Å². The Morgan fingerprint density at radius 3 is 2.47 bits per heavy atom. The quantitative estimate of drug-likeness (QED) is 0.832. The molecule has 0 aromatic rings. The lowest BCUT2D eigenvalue weighted by Gasteiger charge is -2.38. The third kappa shape index (κ3) is 3.93. The van der Waals surface area contributed by atoms with E-state index in [1.165, 1.54) is 0 Å². The van der Waals surface area contributed by atoms with Crippen LogP contribution in [0.25, 0.3) is 0 Å². The van der Waals surface area contributed by atoms with Crippen molar-refractivity contribution in [3.63, 3.8) is 0 Å². The second kappa shape index (κ2) is 6.55. The molecular formula is C16H31NO2. The summed E-state index contributed by atoms with van der Waals surface area (Å²) in [6.07, 6.45) is 3.34. The maximum atomic E-state index is 5.99. The van der Waals surface area contributed by atoms with Crippen molar-refractivity contribution in [1.82, 2.24) is 5.32 Å². The Bertz CT molecular complexity index is 264. The molecule has 0 saturated carbocycles. The first kappa shape index (κ1) is 15.3. The van der Waals surface area contributed by atoms with Crippen LogP contribution in [0.1, 0.15) is 47.0 Å². The molecule has 2 atom stereocenters. The summed E-state index contributed by atoms with van der Waals surface area (Å²) in [5.74, 6) is 2.26. The fourth-order valence-corrected chi connectivity index (χ4v) is 3.61. The zero-order valence-corrected chi connectivity index (χ0v) is 13.1. The molecule has 2 aliphatic heterocycles. The minimum absolute atomic E-state index is 0.0288. The Balaban J connectivity index is 1.82. The van der Waals surface area contributed by atoms with Gasteiger partial charge in [0.1, 0.15) is 0 Å². The molecule has 2 unspecified atom stereocenters. The van der Waals surface area contributed by atoms with Gasteiger partial charge >= 0.3 is 0 Å². The molecule has 0 radical (unpaired) electrons. The van der Waals surface area contributed by atoms with Gasteiger partial charge in [-0.1, -0.05) is 27.7 Å². The summed E-state index contributed by atoms with van der Waals surface area (Å²) < 4.78 is 11.5. The number of rotatable bonds is 5. The van der Waals surface area contributed by atoms with Crippen molar-refractivity contribution in [2.45, 2.75) is 58.6 Å². The smallest absolute Gasteiger partial charge is 0.0951 e. The third-order valence-corrected chi connectivity index (χ3v) is 4.91. The summed E-state index contributed by atoms with van der Waals surface area (Å²) in [6.45, 7) is 13.0. The summed E-state index contributed by atoms with van der Waals surface area (Å²) in [7, 11) is 0. The molecule has 0 amide bonds. The van der Waals surface area contributed by atoms with Crippen LogP contribution in [0.4, 0.5) is 0 Å². The summed E-state index contributed by atoms with van der Waals surface area (Å²) in [5.41, 5.74) is 0.0288. The van der Waals surface area contributed by atoms with E-state index in [-0.39, 0.29) is 5.60 Å². The second-order valence-corrected chi connectivity index (χ2v) is 7.08. The molecule has 0 bridgehead atoms. The molecule has 1 N–H and O–H groups in total. The van der Waals surface area contributed by atoms with E-state index in [4.69, 9.17) is 9.47 Å². The fraction of sp³-hybridized carbons (Fsp3) is 1.00. The number of hydrogen-bond acceptors (Lipinski definition) is 3. The Hall–Kier alpha value is -0.120. The molecule has 1 spiro atoms. The predicted octanol–water partition coefficient (Wildman–Crippen LogP) is 2.84. The predicted molar refractivity (Wildman–Crippen MR) is 78.3 cm³/mol. The van der Waals surface area contributed by atoms with Crippen molar-refractivity contribution in [3.8, 4) is 0 Å². The lowest BCUT2D eigenvalue weighted by Crippen LogP contribution is -2.49. The first-order valence-corrected chi connectivity index (χ1v) is 7.97. The molecule has 0 aromatic heterocycles. The van der Waals surface area contributed by atoms with Crippen molar-refractivity contribution < 1.29 is 9.47 Å². The lowest BCUT2D eigenvalue weighted by molar-refractivity contribution is -0.0898. The lowest BCUT2D eigenvalue weighted by atomic mass is 9.84. The number of ether oxygens (including phenoxy) is 2. The minimum Gasteiger partial charge on any atom is -0.378 e. The van der Waals surface area contributed by atoms with Gasteiger partial charge in [-0.3, -0.25) is 0 Å². The largest absolute Gasteiger partial charge is 0.378 e. The van der Waals surface area contributed by atoms with Crippen molar-refractivity contribution in [1.29, 1.82) is 0 Å². The van der Waals surface area contributed by atoms with Crippen molar-refractivity contribution >= 4 is 0 Å². The molecule has 19 heavy (non-hydrogen) atoms. The third-order valence-electron chi connectivity index (χ3n) is 4.91. The van der Waals surface area contributed by atoms with Gasteiger partial charge in [-0.2, -0.15) is 0 Å². The van der Waals surface area contributed by atoms with Crippen molar-refractivity contribution in [3.05, 3.63) is 0 Å². The van der Waals surface area contributed by atoms with Crippen molar-refractivity contribution in [2.24, 2.45) is 17.8 Å². The van der Waals surface area contributed by atoms with E-state index in [0.717, 1.165) is 63.4 Å². The fourth-order valence-electron chi connectivity index (χ4n) is 3.61. The van der Waals surface area contributed by atoms with Gasteiger partial charge in [0, 0.05) is 25.7 Å². The maximum Gasteiger partial charge on any atom is 0.0951 e. The molecule has 3 nitrogen and oxygen atoms in total. The molecule has 2 saturated heterocycles. The van der Waals surface area contributed by atoms with Gasteiger partial charge in [-0.05, 0) is 37.1 Å². The standard InChI is InChI=1S/C16H31NO2/c1-12(2)15(13(3)4)10-17-14-5-7-19-16(9-14)6-8-18-11-16/h12-15,17H,5-11H2,1-4H3. The van der Waals surface area contributed by atoms with Crippen LogP contribution >= 0.6 is 0 Å². The highest BCUT2D eigenvalue weighted by atomic mass is 16.6. The van der Waals surface area contributed by atoms with Gasteiger partial charge in [-0.25, -0.2) is 0 Å². The molecule has 2 heterocycles. The highest BCUT2D eigenvalue weighted by Crippen LogP contribution is 2.33. The van der Waals surface area contributed by atoms with Gasteiger partial charge in [0.25, 0.3) is 0 Å². The zero-order valence-electron chi connectivity index (χ0n) is 13.1. The SMILES string of the molecule is CC(C)C(CNC1CCOC2(CCOC2)C1)C(C)C. The topological polar surface area (TPSA) is 30.5 Å². The van der Waals surface area contributed by atoms with E-state index < -0.39 is 0 Å². The summed E-state index contributed by atoms with van der Waals surface area (Å²) in [4.78, 5) is 0. The summed E-state index contributed by atoms with van der Waals surface area (Å²) in [5, 5.41) is 3.80. The monoisotopic (exact) mass is 269 g/mol. The molecule has 3 heteroatoms. The molecule has 2 rings (SSSR count). The Labute approximate surface area is 118 Å². The Morgan fingerprint density at radius 2 is 1.89 bits per heavy atom. The Kier molecular flexibility index (Phi) is 5.27. The van der Waals surface area contributed by atoms with Crippen LogP contribution in [0.5, 0.6) is 0 Å². The molecule has 112 valence electrons. The zero-order chi connectivity index (χ0) is 13.9. The minimum atomic E-state index is 0.0288. The van der Waals surface area contributed by atoms with Gasteiger partial charge < -0.3 is 14.8 Å². The van der Waals surface area contributed by atoms with Crippen LogP contribution in [-0.2, 0) is 9.47 Å².